The van der Waals surface area contributed by atoms with Crippen LogP contribution >= 0.6 is 0 Å². The van der Waals surface area contributed by atoms with Crippen LogP contribution in [0.1, 0.15) is 12.6 Å². The van der Waals surface area contributed by atoms with Crippen LogP contribution in [0.15, 0.2) is 35.6 Å². The largest absolute Gasteiger partial charge is 0.390 e. The van der Waals surface area contributed by atoms with Crippen LogP contribution in [0.5, 0.6) is 0 Å². The second-order valence-corrected chi connectivity index (χ2v) is 5.75. The number of aromatic nitrogens is 2. The van der Waals surface area contributed by atoms with Crippen LogP contribution in [0.2, 0.25) is 0 Å². The fraction of sp³-hybridized carbons (Fsp3) is 0.250. The summed E-state index contributed by atoms with van der Waals surface area (Å²) in [6.45, 7) is 2.08. The van der Waals surface area contributed by atoms with Crippen LogP contribution in [0.3, 0.4) is 0 Å². The molecule has 0 bridgehead atoms. The molecule has 2 N–H and O–H groups in total. The quantitative estimate of drug-likeness (QED) is 0.872. The van der Waals surface area contributed by atoms with E-state index in [1.807, 2.05) is 6.92 Å². The molecule has 6 nitrogen and oxygen atoms in total. The van der Waals surface area contributed by atoms with E-state index in [-0.39, 0.29) is 17.2 Å². The van der Waals surface area contributed by atoms with Crippen molar-refractivity contribution in [2.24, 2.45) is 0 Å². The topological polar surface area (TPSA) is 84.2 Å². The van der Waals surface area contributed by atoms with Crippen molar-refractivity contribution in [1.82, 2.24) is 9.55 Å². The Kier molecular flexibility index (Phi) is 4.05. The highest BCUT2D eigenvalue weighted by Gasteiger charge is 2.19. The molecule has 2 aromatic heterocycles. The van der Waals surface area contributed by atoms with E-state index in [1.54, 1.807) is 4.57 Å². The van der Waals surface area contributed by atoms with Gasteiger partial charge in [0.15, 0.2) is 5.82 Å². The number of rotatable bonds is 5. The lowest BCUT2D eigenvalue weighted by molar-refractivity contribution is 0.271. The number of pyridine rings is 1. The minimum absolute atomic E-state index is 0.0281. The highest BCUT2D eigenvalue weighted by Crippen LogP contribution is 2.20. The molecule has 0 radical (unpaired) electrons. The lowest BCUT2D eigenvalue weighted by Gasteiger charge is -2.06. The van der Waals surface area contributed by atoms with E-state index < -0.39 is 15.8 Å². The number of nitrogens with one attached hydrogen (secondary N) is 1. The molecule has 20 heavy (non-hydrogen) atoms. The minimum Gasteiger partial charge on any atom is -0.390 e. The Labute approximate surface area is 115 Å². The summed E-state index contributed by atoms with van der Waals surface area (Å²) in [5, 5.41) is 9.16. The normalized spacial score (nSPS) is 11.6. The monoisotopic (exact) mass is 299 g/mol. The fourth-order valence-corrected chi connectivity index (χ4v) is 2.89. The Morgan fingerprint density at radius 3 is 2.80 bits per heavy atom. The zero-order valence-corrected chi connectivity index (χ0v) is 11.6. The summed E-state index contributed by atoms with van der Waals surface area (Å²) in [5.41, 5.74) is 0.304. The molecule has 0 fully saturated rings. The molecule has 2 heterocycles. The van der Waals surface area contributed by atoms with Crippen LogP contribution in [-0.4, -0.2) is 23.1 Å². The van der Waals surface area contributed by atoms with Crippen molar-refractivity contribution >= 4 is 15.7 Å². The van der Waals surface area contributed by atoms with Crippen molar-refractivity contribution in [3.63, 3.8) is 0 Å². The maximum absolute atomic E-state index is 13.4. The van der Waals surface area contributed by atoms with Crippen molar-refractivity contribution in [1.29, 1.82) is 0 Å². The summed E-state index contributed by atoms with van der Waals surface area (Å²) in [6, 6.07) is 2.58. The third-order valence-electron chi connectivity index (χ3n) is 2.79. The number of hydrogen-bond donors (Lipinski definition) is 2. The van der Waals surface area contributed by atoms with Crippen LogP contribution in [0, 0.1) is 5.82 Å². The second-order valence-electron chi connectivity index (χ2n) is 4.07. The first kappa shape index (κ1) is 14.5. The third kappa shape index (κ3) is 2.81. The van der Waals surface area contributed by atoms with E-state index in [0.717, 1.165) is 6.20 Å². The highest BCUT2D eigenvalue weighted by molar-refractivity contribution is 7.92. The molecule has 0 aromatic carbocycles. The van der Waals surface area contributed by atoms with Gasteiger partial charge in [-0.1, -0.05) is 0 Å². The smallest absolute Gasteiger partial charge is 0.263 e. The second kappa shape index (κ2) is 5.59. The summed E-state index contributed by atoms with van der Waals surface area (Å²) in [5.74, 6) is -0.756. The predicted octanol–water partition coefficient (Wildman–Crippen LogP) is 1.34. The number of halogens is 1. The summed E-state index contributed by atoms with van der Waals surface area (Å²) in [6.07, 6.45) is 3.61. The van der Waals surface area contributed by atoms with Crippen molar-refractivity contribution in [3.05, 3.63) is 42.2 Å². The third-order valence-corrected chi connectivity index (χ3v) is 4.12. The van der Waals surface area contributed by atoms with Gasteiger partial charge in [-0.3, -0.25) is 9.71 Å². The number of hydrogen-bond acceptors (Lipinski definition) is 4. The van der Waals surface area contributed by atoms with E-state index >= 15 is 0 Å². The predicted molar refractivity (Wildman–Crippen MR) is 71.0 cm³/mol. The fourth-order valence-electron chi connectivity index (χ4n) is 1.76. The maximum atomic E-state index is 13.4. The number of aliphatic hydroxyl groups excluding tert-OH is 1. The van der Waals surface area contributed by atoms with Crippen molar-refractivity contribution in [2.75, 3.05) is 4.72 Å². The van der Waals surface area contributed by atoms with Gasteiger partial charge < -0.3 is 9.67 Å². The molecule has 0 amide bonds. The molecule has 0 saturated heterocycles. The first-order chi connectivity index (χ1) is 9.47. The average Bonchev–Trinajstić information content (AvgIpc) is 2.85. The summed E-state index contributed by atoms with van der Waals surface area (Å²) in [7, 11) is -3.91. The molecule has 8 heteroatoms. The molecule has 0 saturated carbocycles. The van der Waals surface area contributed by atoms with Crippen LogP contribution in [-0.2, 0) is 23.2 Å². The van der Waals surface area contributed by atoms with Gasteiger partial charge >= 0.3 is 0 Å². The number of aryl methyl sites for hydroxylation is 1. The van der Waals surface area contributed by atoms with E-state index in [9.17, 15) is 12.8 Å². The van der Waals surface area contributed by atoms with Gasteiger partial charge in [0.05, 0.1) is 18.5 Å². The Morgan fingerprint density at radius 1 is 1.50 bits per heavy atom. The molecule has 0 atom stereocenters. The molecule has 108 valence electrons. The minimum atomic E-state index is -3.91. The molecular formula is C12H14FN3O3S. The lowest BCUT2D eigenvalue weighted by Crippen LogP contribution is -2.13. The van der Waals surface area contributed by atoms with Gasteiger partial charge in [0.2, 0.25) is 0 Å². The van der Waals surface area contributed by atoms with E-state index in [2.05, 4.69) is 9.71 Å². The molecule has 0 aliphatic carbocycles. The Hall–Kier alpha value is -1.93. The van der Waals surface area contributed by atoms with E-state index in [1.165, 1.54) is 24.5 Å². The molecule has 0 spiro atoms. The SMILES string of the molecule is CCn1cc(S(=O)(=O)Nc2ccncc2F)cc1CO. The van der Waals surface area contributed by atoms with Crippen LogP contribution < -0.4 is 4.72 Å². The van der Waals surface area contributed by atoms with E-state index in [4.69, 9.17) is 5.11 Å². The summed E-state index contributed by atoms with van der Waals surface area (Å²) >= 11 is 0. The van der Waals surface area contributed by atoms with Gasteiger partial charge in [-0.25, -0.2) is 12.8 Å². The van der Waals surface area contributed by atoms with Gasteiger partial charge in [-0.05, 0) is 19.1 Å². The summed E-state index contributed by atoms with van der Waals surface area (Å²) < 4.78 is 41.5. The standard InChI is InChI=1S/C12H14FN3O3S/c1-2-16-7-10(5-9(16)8-17)20(18,19)15-12-3-4-14-6-11(12)13/h3-7,17H,2,8H2,1H3,(H,14,15). The number of sulfonamides is 1. The first-order valence-corrected chi connectivity index (χ1v) is 7.38. The number of aliphatic hydroxyl groups is 1. The van der Waals surface area contributed by atoms with Gasteiger partial charge in [-0.2, -0.15) is 0 Å². The van der Waals surface area contributed by atoms with Crippen LogP contribution in [0.25, 0.3) is 0 Å². The first-order valence-electron chi connectivity index (χ1n) is 5.90. The number of nitrogens with zero attached hydrogens (tertiary/aromatic N) is 2. The van der Waals surface area contributed by atoms with Crippen molar-refractivity contribution < 1.29 is 17.9 Å². The zero-order valence-electron chi connectivity index (χ0n) is 10.7. The van der Waals surface area contributed by atoms with Gasteiger partial charge in [0.25, 0.3) is 10.0 Å². The Morgan fingerprint density at radius 2 is 2.25 bits per heavy atom. The average molecular weight is 299 g/mol. The molecule has 2 aromatic rings. The molecule has 0 unspecified atom stereocenters. The van der Waals surface area contributed by atoms with Crippen molar-refractivity contribution in [2.45, 2.75) is 25.0 Å². The Bertz CT molecular complexity index is 691. The molecule has 2 rings (SSSR count). The Balaban J connectivity index is 2.36. The summed E-state index contributed by atoms with van der Waals surface area (Å²) in [4.78, 5) is 3.52. The van der Waals surface area contributed by atoms with Gasteiger partial charge in [0, 0.05) is 24.6 Å². The van der Waals surface area contributed by atoms with Crippen molar-refractivity contribution in [3.8, 4) is 0 Å². The van der Waals surface area contributed by atoms with Gasteiger partial charge in [0.1, 0.15) is 4.90 Å². The molecule has 0 aliphatic rings. The maximum Gasteiger partial charge on any atom is 0.263 e. The molecular weight excluding hydrogens is 285 g/mol. The van der Waals surface area contributed by atoms with E-state index in [0.29, 0.717) is 12.2 Å². The van der Waals surface area contributed by atoms with Gasteiger partial charge in [-0.15, -0.1) is 0 Å². The highest BCUT2D eigenvalue weighted by atomic mass is 32.2. The zero-order chi connectivity index (χ0) is 14.8. The lowest BCUT2D eigenvalue weighted by atomic mass is 10.4. The number of anilines is 1. The van der Waals surface area contributed by atoms with Crippen LogP contribution in [0.4, 0.5) is 10.1 Å². The molecule has 0 aliphatic heterocycles.